The van der Waals surface area contributed by atoms with Gasteiger partial charge in [0.1, 0.15) is 17.5 Å². The zero-order valence-electron chi connectivity index (χ0n) is 19.1. The molecule has 3 rings (SSSR count). The smallest absolute Gasteiger partial charge is 0.250 e. The molecule has 0 bridgehead atoms. The van der Waals surface area contributed by atoms with Crippen LogP contribution in [0.15, 0.2) is 54.6 Å². The lowest BCUT2D eigenvalue weighted by molar-refractivity contribution is -0.123. The first-order valence-corrected chi connectivity index (χ1v) is 11.4. The lowest BCUT2D eigenvalue weighted by Crippen LogP contribution is -2.37. The number of rotatable bonds is 10. The van der Waals surface area contributed by atoms with Crippen LogP contribution in [0.25, 0.3) is 5.70 Å². The molecule has 0 spiro atoms. The molecule has 7 nitrogen and oxygen atoms in total. The molecule has 1 saturated heterocycles. The van der Waals surface area contributed by atoms with Crippen molar-refractivity contribution in [1.29, 1.82) is 5.41 Å². The molecular weight excluding hydrogens is 440 g/mol. The number of hydrogen-bond acceptors (Lipinski definition) is 6. The van der Waals surface area contributed by atoms with Crippen LogP contribution in [0.2, 0.25) is 0 Å². The maximum absolute atomic E-state index is 12.5. The monoisotopic (exact) mass is 470 g/mol. The van der Waals surface area contributed by atoms with Gasteiger partial charge in [0.25, 0.3) is 0 Å². The third-order valence-electron chi connectivity index (χ3n) is 5.55. The van der Waals surface area contributed by atoms with E-state index in [1.54, 1.807) is 32.4 Å². The topological polar surface area (TPSA) is 86.7 Å². The van der Waals surface area contributed by atoms with Crippen LogP contribution in [0, 0.1) is 5.41 Å². The first-order valence-electron chi connectivity index (χ1n) is 11.0. The zero-order valence-corrected chi connectivity index (χ0v) is 19.8. The van der Waals surface area contributed by atoms with Gasteiger partial charge in [0.05, 0.1) is 13.2 Å². The molecule has 0 aliphatic carbocycles. The summed E-state index contributed by atoms with van der Waals surface area (Å²) in [6.07, 6.45) is 3.39. The summed E-state index contributed by atoms with van der Waals surface area (Å²) in [6.45, 7) is 2.86. The molecule has 0 radical (unpaired) electrons. The number of hydrogen-bond donors (Lipinski definition) is 3. The molecule has 176 valence electrons. The highest BCUT2D eigenvalue weighted by atomic mass is 35.5. The second kappa shape index (κ2) is 12.4. The van der Waals surface area contributed by atoms with E-state index in [1.807, 2.05) is 6.07 Å². The van der Waals surface area contributed by atoms with Crippen molar-refractivity contribution in [1.82, 2.24) is 10.2 Å². The number of piperidine rings is 1. The maximum Gasteiger partial charge on any atom is 0.250 e. The SMILES string of the molecule is CN/C(=C\C(=N)Cl)c1cc(NC(=O)COC2CCN(Cc3ccccc3)CC2)ccc1OC. The Kier molecular flexibility index (Phi) is 9.30. The van der Waals surface area contributed by atoms with Gasteiger partial charge < -0.3 is 20.1 Å². The molecule has 0 atom stereocenters. The summed E-state index contributed by atoms with van der Waals surface area (Å²) in [5.41, 5.74) is 3.23. The minimum Gasteiger partial charge on any atom is -0.496 e. The first kappa shape index (κ1) is 24.8. The number of halogens is 1. The van der Waals surface area contributed by atoms with Gasteiger partial charge in [-0.05, 0) is 42.7 Å². The Morgan fingerprint density at radius 2 is 1.94 bits per heavy atom. The van der Waals surface area contributed by atoms with E-state index in [-0.39, 0.29) is 23.8 Å². The second-order valence-electron chi connectivity index (χ2n) is 7.89. The number of benzene rings is 2. The predicted octanol–water partition coefficient (Wildman–Crippen LogP) is 4.09. The molecule has 1 aliphatic rings. The number of amides is 1. The van der Waals surface area contributed by atoms with Crippen molar-refractivity contribution < 1.29 is 14.3 Å². The number of anilines is 1. The average Bonchev–Trinajstić information content (AvgIpc) is 2.82. The van der Waals surface area contributed by atoms with Crippen LogP contribution in [-0.2, 0) is 16.1 Å². The Morgan fingerprint density at radius 3 is 2.58 bits per heavy atom. The molecule has 8 heteroatoms. The van der Waals surface area contributed by atoms with E-state index in [0.717, 1.165) is 32.5 Å². The highest BCUT2D eigenvalue weighted by Gasteiger charge is 2.20. The number of methoxy groups -OCH3 is 1. The Balaban J connectivity index is 1.50. The number of allylic oxidation sites excluding steroid dienone is 1. The van der Waals surface area contributed by atoms with Crippen molar-refractivity contribution >= 4 is 34.1 Å². The summed E-state index contributed by atoms with van der Waals surface area (Å²) in [5, 5.41) is 13.3. The molecule has 0 saturated carbocycles. The molecule has 33 heavy (non-hydrogen) atoms. The second-order valence-corrected chi connectivity index (χ2v) is 8.30. The third-order valence-corrected chi connectivity index (χ3v) is 5.66. The van der Waals surface area contributed by atoms with Crippen molar-refractivity contribution in [3.63, 3.8) is 0 Å². The number of carbonyl (C=O) groups is 1. The molecule has 0 unspecified atom stereocenters. The molecule has 1 heterocycles. The lowest BCUT2D eigenvalue weighted by Gasteiger charge is -2.31. The molecule has 0 aromatic heterocycles. The Bertz CT molecular complexity index is 973. The van der Waals surface area contributed by atoms with Crippen molar-refractivity contribution in [2.45, 2.75) is 25.5 Å². The Hall–Kier alpha value is -2.87. The quantitative estimate of drug-likeness (QED) is 0.455. The van der Waals surface area contributed by atoms with E-state index in [1.165, 1.54) is 11.6 Å². The zero-order chi connectivity index (χ0) is 23.6. The van der Waals surface area contributed by atoms with Crippen LogP contribution in [0.1, 0.15) is 24.0 Å². The normalized spacial score (nSPS) is 15.2. The summed E-state index contributed by atoms with van der Waals surface area (Å²) in [4.78, 5) is 14.9. The van der Waals surface area contributed by atoms with Crippen LogP contribution >= 0.6 is 11.6 Å². The van der Waals surface area contributed by atoms with Gasteiger partial charge in [-0.1, -0.05) is 41.9 Å². The van der Waals surface area contributed by atoms with Crippen LogP contribution in [-0.4, -0.2) is 55.9 Å². The highest BCUT2D eigenvalue weighted by Crippen LogP contribution is 2.28. The molecule has 1 fully saturated rings. The minimum atomic E-state index is -0.210. The van der Waals surface area contributed by atoms with Gasteiger partial charge >= 0.3 is 0 Å². The third kappa shape index (κ3) is 7.60. The predicted molar refractivity (Wildman–Crippen MR) is 133 cm³/mol. The van der Waals surface area contributed by atoms with Crippen LogP contribution in [0.5, 0.6) is 5.75 Å². The van der Waals surface area contributed by atoms with Crippen LogP contribution in [0.3, 0.4) is 0 Å². The fourth-order valence-electron chi connectivity index (χ4n) is 3.87. The van der Waals surface area contributed by atoms with E-state index in [0.29, 0.717) is 22.7 Å². The van der Waals surface area contributed by atoms with Gasteiger partial charge in [-0.25, -0.2) is 0 Å². The number of carbonyl (C=O) groups excluding carboxylic acids is 1. The van der Waals surface area contributed by atoms with Crippen molar-refractivity contribution in [3.05, 3.63) is 65.7 Å². The van der Waals surface area contributed by atoms with Crippen molar-refractivity contribution in [2.24, 2.45) is 0 Å². The summed E-state index contributed by atoms with van der Waals surface area (Å²) < 4.78 is 11.3. The van der Waals surface area contributed by atoms with Crippen LogP contribution < -0.4 is 15.4 Å². The summed E-state index contributed by atoms with van der Waals surface area (Å²) in [5.74, 6) is 0.392. The van der Waals surface area contributed by atoms with Gasteiger partial charge in [0, 0.05) is 43.6 Å². The summed E-state index contributed by atoms with van der Waals surface area (Å²) in [7, 11) is 3.30. The largest absolute Gasteiger partial charge is 0.496 e. The van der Waals surface area contributed by atoms with E-state index in [9.17, 15) is 4.79 Å². The number of nitrogens with one attached hydrogen (secondary N) is 3. The molecule has 3 N–H and O–H groups in total. The maximum atomic E-state index is 12.5. The Labute approximate surface area is 200 Å². The highest BCUT2D eigenvalue weighted by molar-refractivity contribution is 6.68. The lowest BCUT2D eigenvalue weighted by atomic mass is 10.1. The fourth-order valence-corrected chi connectivity index (χ4v) is 3.98. The number of likely N-dealkylation sites (tertiary alicyclic amines) is 1. The summed E-state index contributed by atoms with van der Waals surface area (Å²) >= 11 is 5.72. The molecule has 2 aromatic carbocycles. The number of ether oxygens (including phenoxy) is 2. The van der Waals surface area contributed by atoms with Gasteiger partial charge in [0.15, 0.2) is 0 Å². The number of nitrogens with zero attached hydrogens (tertiary/aromatic N) is 1. The summed E-state index contributed by atoms with van der Waals surface area (Å²) in [6, 6.07) is 15.8. The molecule has 2 aromatic rings. The molecule has 1 amide bonds. The fraction of sp³-hybridized carbons (Fsp3) is 0.360. The standard InChI is InChI=1S/C25H31ClN4O3/c1-28-22(15-24(26)27)21-14-19(8-9-23(21)32-2)29-25(31)17-33-20-10-12-30(13-11-20)16-18-6-4-3-5-7-18/h3-9,14-15,20,27-28H,10-13,16-17H2,1-2H3,(H,29,31)/b22-15-,27-24?. The van der Waals surface area contributed by atoms with Crippen molar-refractivity contribution in [3.8, 4) is 5.75 Å². The van der Waals surface area contributed by atoms with Crippen LogP contribution in [0.4, 0.5) is 5.69 Å². The average molecular weight is 471 g/mol. The van der Waals surface area contributed by atoms with Crippen molar-refractivity contribution in [2.75, 3.05) is 39.2 Å². The van der Waals surface area contributed by atoms with E-state index < -0.39 is 0 Å². The van der Waals surface area contributed by atoms with Gasteiger partial charge in [-0.2, -0.15) is 0 Å². The van der Waals surface area contributed by atoms with Gasteiger partial charge in [-0.3, -0.25) is 15.1 Å². The first-order chi connectivity index (χ1) is 16.0. The van der Waals surface area contributed by atoms with Gasteiger partial charge in [-0.15, -0.1) is 0 Å². The van der Waals surface area contributed by atoms with Gasteiger partial charge in [0.2, 0.25) is 5.91 Å². The van der Waals surface area contributed by atoms with E-state index in [2.05, 4.69) is 39.8 Å². The molecular formula is C25H31ClN4O3. The van der Waals surface area contributed by atoms with E-state index in [4.69, 9.17) is 26.5 Å². The Morgan fingerprint density at radius 1 is 1.21 bits per heavy atom. The van der Waals surface area contributed by atoms with E-state index >= 15 is 0 Å². The molecule has 1 aliphatic heterocycles. The minimum absolute atomic E-state index is 0.00572.